The second-order valence-electron chi connectivity index (χ2n) is 7.95. The van der Waals surface area contributed by atoms with Gasteiger partial charge in [-0.15, -0.1) is 0 Å². The number of rotatable bonds is 7. The highest BCUT2D eigenvalue weighted by molar-refractivity contribution is 5.41. The van der Waals surface area contributed by atoms with E-state index < -0.39 is 0 Å². The van der Waals surface area contributed by atoms with Gasteiger partial charge in [0.15, 0.2) is 23.0 Å². The highest BCUT2D eigenvalue weighted by Gasteiger charge is 2.23. The van der Waals surface area contributed by atoms with Gasteiger partial charge in [-0.3, -0.25) is 4.90 Å². The zero-order valence-corrected chi connectivity index (χ0v) is 16.1. The second kappa shape index (κ2) is 9.17. The van der Waals surface area contributed by atoms with E-state index in [4.69, 9.17) is 5.73 Å². The summed E-state index contributed by atoms with van der Waals surface area (Å²) in [4.78, 5) is 2.28. The maximum Gasteiger partial charge on any atom is 0.157 e. The number of nitrogens with zero attached hydrogens (tertiary/aromatic N) is 1. The van der Waals surface area contributed by atoms with E-state index in [9.17, 15) is 20.4 Å². The number of aromatic hydroxyl groups is 4. The van der Waals surface area contributed by atoms with Crippen LogP contribution in [0.25, 0.3) is 0 Å². The van der Waals surface area contributed by atoms with Gasteiger partial charge in [0.2, 0.25) is 0 Å². The summed E-state index contributed by atoms with van der Waals surface area (Å²) in [5, 5.41) is 38.7. The van der Waals surface area contributed by atoms with Crippen molar-refractivity contribution in [1.29, 1.82) is 0 Å². The maximum absolute atomic E-state index is 9.81. The number of hydrogen-bond acceptors (Lipinski definition) is 6. The Labute approximate surface area is 165 Å². The molecule has 0 aromatic heterocycles. The number of phenolic OH excluding ortho intramolecular Hbond substituents is 4. The zero-order valence-electron chi connectivity index (χ0n) is 16.1. The summed E-state index contributed by atoms with van der Waals surface area (Å²) in [6.07, 6.45) is 4.69. The summed E-state index contributed by atoms with van der Waals surface area (Å²) in [6.45, 7) is 2.84. The van der Waals surface area contributed by atoms with Gasteiger partial charge >= 0.3 is 0 Å². The summed E-state index contributed by atoms with van der Waals surface area (Å²) >= 11 is 0. The number of hydrogen-bond donors (Lipinski definition) is 5. The molecule has 0 amide bonds. The number of nitrogens with two attached hydrogens (primary N) is 1. The summed E-state index contributed by atoms with van der Waals surface area (Å²) in [5.74, 6) is 0.629. The second-order valence-corrected chi connectivity index (χ2v) is 7.95. The standard InChI is InChI=1S/C22H30N2O4/c23-11-15-2-1-3-16(8-15)12-24(13-17-4-6-19(25)21(27)9-17)14-18-5-7-20(26)22(28)10-18/h4-7,9-10,15-16,25-28H,1-3,8,11-14,23H2/t15-,16+/m1/s1. The number of phenols is 4. The third-order valence-corrected chi connectivity index (χ3v) is 5.63. The Morgan fingerprint density at radius 3 is 1.82 bits per heavy atom. The van der Waals surface area contributed by atoms with Gasteiger partial charge in [-0.2, -0.15) is 0 Å². The third-order valence-electron chi connectivity index (χ3n) is 5.63. The van der Waals surface area contributed by atoms with Crippen molar-refractivity contribution in [1.82, 2.24) is 4.90 Å². The fourth-order valence-electron chi connectivity index (χ4n) is 4.18. The molecule has 6 heteroatoms. The molecule has 0 heterocycles. The molecule has 2 aromatic rings. The van der Waals surface area contributed by atoms with Crippen molar-refractivity contribution in [2.75, 3.05) is 13.1 Å². The van der Waals surface area contributed by atoms with Gasteiger partial charge in [0, 0.05) is 19.6 Å². The summed E-state index contributed by atoms with van der Waals surface area (Å²) in [6, 6.07) is 9.78. The van der Waals surface area contributed by atoms with Gasteiger partial charge < -0.3 is 26.2 Å². The van der Waals surface area contributed by atoms with E-state index in [1.54, 1.807) is 24.3 Å². The van der Waals surface area contributed by atoms with Crippen LogP contribution in [0, 0.1) is 11.8 Å². The predicted molar refractivity (Wildman–Crippen MR) is 108 cm³/mol. The monoisotopic (exact) mass is 386 g/mol. The van der Waals surface area contributed by atoms with Crippen molar-refractivity contribution in [3.63, 3.8) is 0 Å². The molecule has 0 bridgehead atoms. The first kappa shape index (κ1) is 20.3. The highest BCUT2D eigenvalue weighted by Crippen LogP contribution is 2.31. The van der Waals surface area contributed by atoms with Crippen LogP contribution in [0.5, 0.6) is 23.0 Å². The van der Waals surface area contributed by atoms with Gasteiger partial charge in [0.25, 0.3) is 0 Å². The Hall–Kier alpha value is -2.44. The first-order valence-corrected chi connectivity index (χ1v) is 9.88. The highest BCUT2D eigenvalue weighted by atomic mass is 16.3. The molecule has 152 valence electrons. The van der Waals surface area contributed by atoms with Crippen LogP contribution in [0.1, 0.15) is 36.8 Å². The Balaban J connectivity index is 1.75. The van der Waals surface area contributed by atoms with E-state index in [0.29, 0.717) is 24.9 Å². The molecule has 1 fully saturated rings. The molecular weight excluding hydrogens is 356 g/mol. The third kappa shape index (κ3) is 5.30. The van der Waals surface area contributed by atoms with E-state index in [1.165, 1.54) is 31.4 Å². The molecule has 1 aliphatic rings. The Morgan fingerprint density at radius 1 is 0.786 bits per heavy atom. The van der Waals surface area contributed by atoms with E-state index in [2.05, 4.69) is 4.90 Å². The van der Waals surface area contributed by atoms with Crippen LogP contribution in [-0.4, -0.2) is 38.4 Å². The molecule has 0 spiro atoms. The summed E-state index contributed by atoms with van der Waals surface area (Å²) < 4.78 is 0. The molecule has 0 aliphatic heterocycles. The fraction of sp³-hybridized carbons (Fsp3) is 0.455. The van der Waals surface area contributed by atoms with E-state index in [-0.39, 0.29) is 23.0 Å². The van der Waals surface area contributed by atoms with Crippen molar-refractivity contribution in [2.24, 2.45) is 17.6 Å². The van der Waals surface area contributed by atoms with Crippen LogP contribution in [-0.2, 0) is 13.1 Å². The Morgan fingerprint density at radius 2 is 1.32 bits per heavy atom. The van der Waals surface area contributed by atoms with Crippen LogP contribution in [0.15, 0.2) is 36.4 Å². The first-order valence-electron chi connectivity index (χ1n) is 9.88. The molecular formula is C22H30N2O4. The molecule has 6 N–H and O–H groups in total. The lowest BCUT2D eigenvalue weighted by Gasteiger charge is -2.33. The van der Waals surface area contributed by atoms with Crippen LogP contribution in [0.3, 0.4) is 0 Å². The van der Waals surface area contributed by atoms with Crippen molar-refractivity contribution in [3.05, 3.63) is 47.5 Å². The Kier molecular flexibility index (Phi) is 6.65. The fourth-order valence-corrected chi connectivity index (χ4v) is 4.18. The average Bonchev–Trinajstić information content (AvgIpc) is 2.68. The first-order chi connectivity index (χ1) is 13.4. The van der Waals surface area contributed by atoms with Gasteiger partial charge in [0.1, 0.15) is 0 Å². The largest absolute Gasteiger partial charge is 0.504 e. The molecule has 2 aromatic carbocycles. The summed E-state index contributed by atoms with van der Waals surface area (Å²) in [5.41, 5.74) is 7.70. The lowest BCUT2D eigenvalue weighted by Crippen LogP contribution is -2.33. The van der Waals surface area contributed by atoms with Crippen LogP contribution in [0.2, 0.25) is 0 Å². The lowest BCUT2D eigenvalue weighted by molar-refractivity contribution is 0.164. The minimum atomic E-state index is -0.128. The average molecular weight is 386 g/mol. The molecule has 28 heavy (non-hydrogen) atoms. The van der Waals surface area contributed by atoms with Gasteiger partial charge in [-0.1, -0.05) is 18.6 Å². The molecule has 0 unspecified atom stereocenters. The molecule has 1 saturated carbocycles. The molecule has 2 atom stereocenters. The zero-order chi connectivity index (χ0) is 20.1. The molecule has 0 radical (unpaired) electrons. The number of benzene rings is 2. The topological polar surface area (TPSA) is 110 Å². The summed E-state index contributed by atoms with van der Waals surface area (Å²) in [7, 11) is 0. The van der Waals surface area contributed by atoms with Crippen molar-refractivity contribution in [3.8, 4) is 23.0 Å². The van der Waals surface area contributed by atoms with E-state index in [1.807, 2.05) is 0 Å². The SMILES string of the molecule is NC[C@@H]1CCC[C@H](CN(Cc2ccc(O)c(O)c2)Cc2ccc(O)c(O)c2)C1. The van der Waals surface area contributed by atoms with Crippen molar-refractivity contribution in [2.45, 2.75) is 38.8 Å². The van der Waals surface area contributed by atoms with Gasteiger partial charge in [-0.25, -0.2) is 0 Å². The van der Waals surface area contributed by atoms with Crippen molar-refractivity contribution < 1.29 is 20.4 Å². The maximum atomic E-state index is 9.81. The predicted octanol–water partition coefficient (Wildman–Crippen LogP) is 3.28. The van der Waals surface area contributed by atoms with Gasteiger partial charge in [0.05, 0.1) is 0 Å². The molecule has 6 nitrogen and oxygen atoms in total. The van der Waals surface area contributed by atoms with Crippen LogP contribution < -0.4 is 5.73 Å². The minimum absolute atomic E-state index is 0.124. The normalized spacial score (nSPS) is 19.8. The lowest BCUT2D eigenvalue weighted by atomic mass is 9.81. The molecule has 3 rings (SSSR count). The smallest absolute Gasteiger partial charge is 0.157 e. The van der Waals surface area contributed by atoms with E-state index >= 15 is 0 Å². The minimum Gasteiger partial charge on any atom is -0.504 e. The van der Waals surface area contributed by atoms with E-state index in [0.717, 1.165) is 30.6 Å². The van der Waals surface area contributed by atoms with Crippen LogP contribution in [0.4, 0.5) is 0 Å². The Bertz CT molecular complexity index is 743. The quantitative estimate of drug-likeness (QED) is 0.467. The van der Waals surface area contributed by atoms with Gasteiger partial charge in [-0.05, 0) is 73.0 Å². The molecule has 1 aliphatic carbocycles. The molecule has 0 saturated heterocycles. The van der Waals surface area contributed by atoms with Crippen molar-refractivity contribution >= 4 is 0 Å². The van der Waals surface area contributed by atoms with Crippen LogP contribution >= 0.6 is 0 Å².